The zero-order valence-corrected chi connectivity index (χ0v) is 21.4. The summed E-state index contributed by atoms with van der Waals surface area (Å²) in [5.74, 6) is 0.314. The molecule has 2 N–H and O–H groups in total. The van der Waals surface area contributed by atoms with Gasteiger partial charge < -0.3 is 19.9 Å². The number of aromatic hydroxyl groups is 1. The molecule has 2 bridgehead atoms. The largest absolute Gasteiger partial charge is 0.506 e. The van der Waals surface area contributed by atoms with Gasteiger partial charge in [0.1, 0.15) is 22.4 Å². The van der Waals surface area contributed by atoms with Crippen LogP contribution in [0.1, 0.15) is 56.0 Å². The fourth-order valence-electron chi connectivity index (χ4n) is 5.50. The number of carbonyl (C=O) groups excluding carboxylic acids is 1. The Balaban J connectivity index is 1.53. The summed E-state index contributed by atoms with van der Waals surface area (Å²) in [7, 11) is 1.46. The van der Waals surface area contributed by atoms with Gasteiger partial charge in [-0.05, 0) is 54.9 Å². The van der Waals surface area contributed by atoms with E-state index in [9.17, 15) is 9.90 Å². The molecule has 33 heavy (non-hydrogen) atoms. The highest BCUT2D eigenvalue weighted by atomic mass is 35.5. The molecule has 2 fully saturated rings. The number of anilines is 1. The van der Waals surface area contributed by atoms with Gasteiger partial charge in [0.2, 0.25) is 0 Å². The lowest BCUT2D eigenvalue weighted by Crippen LogP contribution is -2.38. The van der Waals surface area contributed by atoms with E-state index in [0.29, 0.717) is 22.2 Å². The summed E-state index contributed by atoms with van der Waals surface area (Å²) >= 11 is 18.6. The Bertz CT molecular complexity index is 1100. The molecule has 3 unspecified atom stereocenters. The van der Waals surface area contributed by atoms with E-state index in [-0.39, 0.29) is 50.6 Å². The Labute approximate surface area is 209 Å². The van der Waals surface area contributed by atoms with E-state index in [1.807, 2.05) is 0 Å². The summed E-state index contributed by atoms with van der Waals surface area (Å²) in [4.78, 5) is 13.1. The van der Waals surface area contributed by atoms with Crippen molar-refractivity contribution in [3.8, 4) is 11.5 Å². The molecule has 178 valence electrons. The molecule has 0 radical (unpaired) electrons. The molecule has 0 aromatic heterocycles. The van der Waals surface area contributed by atoms with Crippen LogP contribution in [0.15, 0.2) is 24.3 Å². The minimum atomic E-state index is -0.436. The van der Waals surface area contributed by atoms with E-state index in [4.69, 9.17) is 44.3 Å². The Hall–Kier alpha value is -1.82. The predicted molar refractivity (Wildman–Crippen MR) is 132 cm³/mol. The van der Waals surface area contributed by atoms with Crippen LogP contribution in [0.2, 0.25) is 15.1 Å². The predicted octanol–water partition coefficient (Wildman–Crippen LogP) is 7.34. The van der Waals surface area contributed by atoms with Gasteiger partial charge in [0.15, 0.2) is 5.75 Å². The maximum Gasteiger partial charge on any atom is 0.342 e. The molecule has 4 rings (SSSR count). The van der Waals surface area contributed by atoms with Gasteiger partial charge in [-0.1, -0.05) is 55.6 Å². The molecule has 0 amide bonds. The second kappa shape index (κ2) is 8.75. The van der Waals surface area contributed by atoms with Crippen LogP contribution in [0, 0.1) is 16.7 Å². The molecule has 0 heterocycles. The lowest BCUT2D eigenvalue weighted by Gasteiger charge is -2.38. The number of esters is 1. The van der Waals surface area contributed by atoms with Crippen molar-refractivity contribution in [2.45, 2.75) is 52.7 Å². The maximum atomic E-state index is 13.1. The number of ether oxygens (including phenoxy) is 2. The van der Waals surface area contributed by atoms with Crippen LogP contribution in [0.25, 0.3) is 0 Å². The van der Waals surface area contributed by atoms with Crippen molar-refractivity contribution < 1.29 is 19.4 Å². The first kappa shape index (κ1) is 24.3. The number of halogens is 3. The summed E-state index contributed by atoms with van der Waals surface area (Å²) < 4.78 is 11.5. The quantitative estimate of drug-likeness (QED) is 0.396. The van der Waals surface area contributed by atoms with Gasteiger partial charge in [0.25, 0.3) is 0 Å². The first-order valence-corrected chi connectivity index (χ1v) is 12.1. The van der Waals surface area contributed by atoms with Crippen LogP contribution >= 0.6 is 34.8 Å². The standard InChI is InChI=1S/C25H28Cl3NO4/c1-24(2)14-7-8-25(24,3)19(10-14)33-23(31)16-5-6-18(20(28)22(16)32-4)29-12-13-9-15(26)11-17(27)21(13)30/h5-6,9,11,14,19,29-30H,7-8,10,12H2,1-4H3. The monoisotopic (exact) mass is 511 g/mol. The second-order valence-electron chi connectivity index (χ2n) is 9.76. The van der Waals surface area contributed by atoms with Gasteiger partial charge in [0, 0.05) is 22.5 Å². The molecule has 0 saturated heterocycles. The molecular weight excluding hydrogens is 485 g/mol. The molecule has 2 aromatic rings. The minimum absolute atomic E-state index is 0.0356. The smallest absolute Gasteiger partial charge is 0.342 e. The zero-order chi connectivity index (χ0) is 24.1. The number of fused-ring (bicyclic) bond motifs is 2. The molecule has 2 aliphatic rings. The Morgan fingerprint density at radius 1 is 1.21 bits per heavy atom. The Kier molecular flexibility index (Phi) is 6.45. The van der Waals surface area contributed by atoms with Gasteiger partial charge in [0.05, 0.1) is 17.8 Å². The van der Waals surface area contributed by atoms with E-state index >= 15 is 0 Å². The first-order valence-electron chi connectivity index (χ1n) is 11.0. The Morgan fingerprint density at radius 2 is 1.94 bits per heavy atom. The van der Waals surface area contributed by atoms with Gasteiger partial charge in [-0.3, -0.25) is 0 Å². The number of hydrogen-bond acceptors (Lipinski definition) is 5. The lowest BCUT2D eigenvalue weighted by molar-refractivity contribution is -0.0244. The average molecular weight is 513 g/mol. The SMILES string of the molecule is COc1c(C(=O)OC2CC3CCC2(C)C3(C)C)ccc(NCc2cc(Cl)cc(Cl)c2O)c1Cl. The highest BCUT2D eigenvalue weighted by Gasteiger charge is 2.62. The van der Waals surface area contributed by atoms with Crippen molar-refractivity contribution in [2.24, 2.45) is 16.7 Å². The number of methoxy groups -OCH3 is 1. The van der Waals surface area contributed by atoms with Gasteiger partial charge in [-0.25, -0.2) is 4.79 Å². The normalized spacial score (nSPS) is 25.2. The van der Waals surface area contributed by atoms with Gasteiger partial charge >= 0.3 is 5.97 Å². The molecular formula is C25H28Cl3NO4. The molecule has 0 spiro atoms. The molecule has 2 aliphatic carbocycles. The van der Waals surface area contributed by atoms with Gasteiger partial charge in [-0.2, -0.15) is 0 Å². The molecule has 8 heteroatoms. The van der Waals surface area contributed by atoms with E-state index < -0.39 is 5.97 Å². The molecule has 3 atom stereocenters. The maximum absolute atomic E-state index is 13.1. The highest BCUT2D eigenvalue weighted by molar-refractivity contribution is 6.36. The van der Waals surface area contributed by atoms with Crippen LogP contribution in [-0.4, -0.2) is 24.3 Å². The van der Waals surface area contributed by atoms with Crippen molar-refractivity contribution in [3.05, 3.63) is 50.5 Å². The number of benzene rings is 2. The van der Waals surface area contributed by atoms with Crippen LogP contribution in [0.3, 0.4) is 0 Å². The lowest BCUT2D eigenvalue weighted by atomic mass is 9.70. The number of phenols is 1. The fourth-order valence-corrected chi connectivity index (χ4v) is 6.34. The van der Waals surface area contributed by atoms with Crippen molar-refractivity contribution in [1.29, 1.82) is 0 Å². The van der Waals surface area contributed by atoms with Crippen LogP contribution < -0.4 is 10.1 Å². The zero-order valence-electron chi connectivity index (χ0n) is 19.1. The number of nitrogens with one attached hydrogen (secondary N) is 1. The van der Waals surface area contributed by atoms with Crippen molar-refractivity contribution in [2.75, 3.05) is 12.4 Å². The molecule has 5 nitrogen and oxygen atoms in total. The number of hydrogen-bond donors (Lipinski definition) is 2. The van der Waals surface area contributed by atoms with E-state index in [1.165, 1.54) is 19.6 Å². The van der Waals surface area contributed by atoms with Crippen LogP contribution in [-0.2, 0) is 11.3 Å². The highest BCUT2D eigenvalue weighted by Crippen LogP contribution is 2.66. The first-order chi connectivity index (χ1) is 15.5. The third-order valence-electron chi connectivity index (χ3n) is 8.06. The number of phenolic OH excluding ortho intramolecular Hbond substituents is 1. The van der Waals surface area contributed by atoms with Crippen LogP contribution in [0.5, 0.6) is 11.5 Å². The summed E-state index contributed by atoms with van der Waals surface area (Å²) in [5.41, 5.74) is 1.44. The summed E-state index contributed by atoms with van der Waals surface area (Å²) in [6.45, 7) is 7.00. The van der Waals surface area contributed by atoms with E-state index in [2.05, 4.69) is 26.1 Å². The summed E-state index contributed by atoms with van der Waals surface area (Å²) in [6.07, 6.45) is 3.00. The second-order valence-corrected chi connectivity index (χ2v) is 11.0. The topological polar surface area (TPSA) is 67.8 Å². The summed E-state index contributed by atoms with van der Waals surface area (Å²) in [5, 5.41) is 14.1. The molecule has 0 aliphatic heterocycles. The number of rotatable bonds is 6. The minimum Gasteiger partial charge on any atom is -0.506 e. The van der Waals surface area contributed by atoms with Crippen molar-refractivity contribution in [1.82, 2.24) is 0 Å². The summed E-state index contributed by atoms with van der Waals surface area (Å²) in [6, 6.07) is 6.41. The van der Waals surface area contributed by atoms with Crippen molar-refractivity contribution >= 4 is 46.5 Å². The third-order valence-corrected chi connectivity index (χ3v) is 8.94. The third kappa shape index (κ3) is 4.02. The van der Waals surface area contributed by atoms with Crippen LogP contribution in [0.4, 0.5) is 5.69 Å². The van der Waals surface area contributed by atoms with Gasteiger partial charge in [-0.15, -0.1) is 0 Å². The molecule has 2 saturated carbocycles. The van der Waals surface area contributed by atoms with E-state index in [0.717, 1.165) is 12.8 Å². The average Bonchev–Trinajstić information content (AvgIpc) is 3.09. The van der Waals surface area contributed by atoms with E-state index in [1.54, 1.807) is 18.2 Å². The Morgan fingerprint density at radius 3 is 2.55 bits per heavy atom. The number of carbonyl (C=O) groups is 1. The fraction of sp³-hybridized carbons (Fsp3) is 0.480. The van der Waals surface area contributed by atoms with Crippen molar-refractivity contribution in [3.63, 3.8) is 0 Å². The molecule has 2 aromatic carbocycles.